The lowest BCUT2D eigenvalue weighted by atomic mass is 9.75. The van der Waals surface area contributed by atoms with E-state index < -0.39 is 0 Å². The maximum Gasteiger partial charge on any atom is 0.226 e. The van der Waals surface area contributed by atoms with Gasteiger partial charge in [-0.15, -0.1) is 0 Å². The third kappa shape index (κ3) is 3.62. The largest absolute Gasteiger partial charge is 0.409 e. The van der Waals surface area contributed by atoms with Crippen LogP contribution >= 0.6 is 0 Å². The predicted molar refractivity (Wildman–Crippen MR) is 83.7 cm³/mol. The SMILES string of the molecule is Cc1cc(/C(N)=N/O)nc(N2CCC(C(C)(C)C)CC2)n1. The maximum atomic E-state index is 8.79. The third-order valence-electron chi connectivity index (χ3n) is 4.22. The molecule has 1 aromatic rings. The summed E-state index contributed by atoms with van der Waals surface area (Å²) >= 11 is 0. The first-order valence-corrected chi connectivity index (χ1v) is 7.40. The van der Waals surface area contributed by atoms with Crippen molar-refractivity contribution in [3.8, 4) is 0 Å². The topological polar surface area (TPSA) is 87.6 Å². The lowest BCUT2D eigenvalue weighted by molar-refractivity contribution is 0.198. The van der Waals surface area contributed by atoms with Crippen LogP contribution in [0.1, 0.15) is 45.0 Å². The first kappa shape index (κ1) is 15.5. The first-order valence-electron chi connectivity index (χ1n) is 7.40. The molecule has 1 fully saturated rings. The highest BCUT2D eigenvalue weighted by molar-refractivity contribution is 5.95. The molecule has 1 aromatic heterocycles. The molecule has 21 heavy (non-hydrogen) atoms. The zero-order chi connectivity index (χ0) is 15.6. The van der Waals surface area contributed by atoms with Crippen LogP contribution in [0.2, 0.25) is 0 Å². The Morgan fingerprint density at radius 2 is 1.95 bits per heavy atom. The Kier molecular flexibility index (Phi) is 4.34. The number of hydrogen-bond donors (Lipinski definition) is 2. The van der Waals surface area contributed by atoms with E-state index in [2.05, 4.69) is 40.8 Å². The van der Waals surface area contributed by atoms with Gasteiger partial charge in [0, 0.05) is 18.8 Å². The van der Waals surface area contributed by atoms with E-state index in [1.54, 1.807) is 6.07 Å². The van der Waals surface area contributed by atoms with Crippen molar-refractivity contribution in [1.29, 1.82) is 0 Å². The molecule has 6 heteroatoms. The van der Waals surface area contributed by atoms with Crippen LogP contribution in [-0.2, 0) is 0 Å². The van der Waals surface area contributed by atoms with Crippen molar-refractivity contribution in [1.82, 2.24) is 9.97 Å². The van der Waals surface area contributed by atoms with Gasteiger partial charge in [-0.2, -0.15) is 0 Å². The van der Waals surface area contributed by atoms with E-state index >= 15 is 0 Å². The Balaban J connectivity index is 2.15. The summed E-state index contributed by atoms with van der Waals surface area (Å²) in [7, 11) is 0. The number of anilines is 1. The monoisotopic (exact) mass is 291 g/mol. The standard InChI is InChI=1S/C15H25N5O/c1-10-9-12(13(16)19-21)18-14(17-10)20-7-5-11(6-8-20)15(2,3)4/h9,11,21H,5-8H2,1-4H3,(H2,16,19). The molecule has 6 nitrogen and oxygen atoms in total. The molecule has 0 saturated carbocycles. The fourth-order valence-corrected chi connectivity index (χ4v) is 2.82. The molecule has 0 aromatic carbocycles. The Hall–Kier alpha value is -1.85. The van der Waals surface area contributed by atoms with Crippen LogP contribution in [0, 0.1) is 18.3 Å². The highest BCUT2D eigenvalue weighted by Gasteiger charge is 2.29. The van der Waals surface area contributed by atoms with E-state index in [1.165, 1.54) is 0 Å². The van der Waals surface area contributed by atoms with Crippen molar-refractivity contribution in [3.63, 3.8) is 0 Å². The molecule has 0 atom stereocenters. The number of aromatic nitrogens is 2. The van der Waals surface area contributed by atoms with Gasteiger partial charge in [0.2, 0.25) is 5.95 Å². The average Bonchev–Trinajstić information content (AvgIpc) is 2.45. The summed E-state index contributed by atoms with van der Waals surface area (Å²) in [6, 6.07) is 1.72. The minimum atomic E-state index is 0.0197. The number of piperidine rings is 1. The van der Waals surface area contributed by atoms with E-state index in [0.717, 1.165) is 37.5 Å². The van der Waals surface area contributed by atoms with Crippen LogP contribution in [0.25, 0.3) is 0 Å². The van der Waals surface area contributed by atoms with Gasteiger partial charge in [-0.1, -0.05) is 25.9 Å². The number of oxime groups is 1. The molecular weight excluding hydrogens is 266 g/mol. The summed E-state index contributed by atoms with van der Waals surface area (Å²) in [6.45, 7) is 10.7. The molecule has 1 saturated heterocycles. The average molecular weight is 291 g/mol. The van der Waals surface area contributed by atoms with E-state index in [9.17, 15) is 0 Å². The van der Waals surface area contributed by atoms with Gasteiger partial charge in [-0.3, -0.25) is 0 Å². The van der Waals surface area contributed by atoms with Crippen molar-refractivity contribution in [2.75, 3.05) is 18.0 Å². The molecule has 0 aliphatic carbocycles. The Morgan fingerprint density at radius 3 is 2.48 bits per heavy atom. The van der Waals surface area contributed by atoms with Crippen LogP contribution in [0.5, 0.6) is 0 Å². The summed E-state index contributed by atoms with van der Waals surface area (Å²) in [5.41, 5.74) is 7.27. The van der Waals surface area contributed by atoms with Gasteiger partial charge in [0.1, 0.15) is 5.69 Å². The molecule has 0 amide bonds. The first-order chi connectivity index (χ1) is 9.81. The summed E-state index contributed by atoms with van der Waals surface area (Å²) in [4.78, 5) is 11.1. The lowest BCUT2D eigenvalue weighted by Crippen LogP contribution is -2.39. The fourth-order valence-electron chi connectivity index (χ4n) is 2.82. The van der Waals surface area contributed by atoms with Gasteiger partial charge in [-0.05, 0) is 37.2 Å². The van der Waals surface area contributed by atoms with Crippen molar-refractivity contribution < 1.29 is 5.21 Å². The van der Waals surface area contributed by atoms with E-state index in [-0.39, 0.29) is 5.84 Å². The second kappa shape index (κ2) is 5.87. The summed E-state index contributed by atoms with van der Waals surface area (Å²) in [5.74, 6) is 1.41. The quantitative estimate of drug-likeness (QED) is 0.377. The van der Waals surface area contributed by atoms with Crippen molar-refractivity contribution in [3.05, 3.63) is 17.5 Å². The molecule has 1 aliphatic heterocycles. The minimum Gasteiger partial charge on any atom is -0.409 e. The molecule has 1 aliphatic rings. The van der Waals surface area contributed by atoms with Gasteiger partial charge in [0.15, 0.2) is 5.84 Å². The van der Waals surface area contributed by atoms with E-state index in [4.69, 9.17) is 10.9 Å². The maximum absolute atomic E-state index is 8.79. The highest BCUT2D eigenvalue weighted by atomic mass is 16.4. The second-order valence-electron chi connectivity index (χ2n) is 6.81. The lowest BCUT2D eigenvalue weighted by Gasteiger charge is -2.38. The Labute approximate surface area is 126 Å². The highest BCUT2D eigenvalue weighted by Crippen LogP contribution is 2.34. The van der Waals surface area contributed by atoms with E-state index in [0.29, 0.717) is 17.1 Å². The summed E-state index contributed by atoms with van der Waals surface area (Å²) in [6.07, 6.45) is 2.28. The molecular formula is C15H25N5O. The number of nitrogens with two attached hydrogens (primary N) is 1. The van der Waals surface area contributed by atoms with Gasteiger partial charge in [0.05, 0.1) is 0 Å². The van der Waals surface area contributed by atoms with Crippen LogP contribution in [-0.4, -0.2) is 34.1 Å². The zero-order valence-electron chi connectivity index (χ0n) is 13.3. The molecule has 2 heterocycles. The molecule has 0 unspecified atom stereocenters. The smallest absolute Gasteiger partial charge is 0.226 e. The van der Waals surface area contributed by atoms with Crippen LogP contribution in [0.4, 0.5) is 5.95 Å². The third-order valence-corrected chi connectivity index (χ3v) is 4.22. The number of nitrogens with zero attached hydrogens (tertiary/aromatic N) is 4. The molecule has 0 bridgehead atoms. The molecule has 2 rings (SSSR count). The van der Waals surface area contributed by atoms with Crippen LogP contribution in [0.15, 0.2) is 11.2 Å². The van der Waals surface area contributed by atoms with Crippen molar-refractivity contribution in [2.24, 2.45) is 22.2 Å². The van der Waals surface area contributed by atoms with Crippen LogP contribution < -0.4 is 10.6 Å². The Bertz CT molecular complexity index is 527. The van der Waals surface area contributed by atoms with Gasteiger partial charge >= 0.3 is 0 Å². The number of rotatable bonds is 2. The summed E-state index contributed by atoms with van der Waals surface area (Å²) < 4.78 is 0. The number of amidine groups is 1. The van der Waals surface area contributed by atoms with E-state index in [1.807, 2.05) is 6.92 Å². The van der Waals surface area contributed by atoms with Gasteiger partial charge in [0.25, 0.3) is 0 Å². The molecule has 3 N–H and O–H groups in total. The minimum absolute atomic E-state index is 0.0197. The molecule has 0 radical (unpaired) electrons. The van der Waals surface area contributed by atoms with Crippen molar-refractivity contribution in [2.45, 2.75) is 40.5 Å². The Morgan fingerprint density at radius 1 is 1.33 bits per heavy atom. The number of aryl methyl sites for hydroxylation is 1. The fraction of sp³-hybridized carbons (Fsp3) is 0.667. The normalized spacial score (nSPS) is 18.1. The number of hydrogen-bond acceptors (Lipinski definition) is 5. The van der Waals surface area contributed by atoms with Gasteiger partial charge in [-0.25, -0.2) is 9.97 Å². The summed E-state index contributed by atoms with van der Waals surface area (Å²) in [5, 5.41) is 11.8. The second-order valence-corrected chi connectivity index (χ2v) is 6.81. The van der Waals surface area contributed by atoms with Crippen LogP contribution in [0.3, 0.4) is 0 Å². The zero-order valence-corrected chi connectivity index (χ0v) is 13.3. The molecule has 116 valence electrons. The van der Waals surface area contributed by atoms with Crippen molar-refractivity contribution >= 4 is 11.8 Å². The van der Waals surface area contributed by atoms with Gasteiger partial charge < -0.3 is 15.8 Å². The molecule has 0 spiro atoms. The predicted octanol–water partition coefficient (Wildman–Crippen LogP) is 2.14.